The van der Waals surface area contributed by atoms with E-state index >= 15 is 0 Å². The third-order valence-electron chi connectivity index (χ3n) is 4.87. The summed E-state index contributed by atoms with van der Waals surface area (Å²) in [6.45, 7) is 1.10. The number of cyclic esters (lactones) is 1. The summed E-state index contributed by atoms with van der Waals surface area (Å²) in [7, 11) is -3.67. The molecular weight excluding hydrogens is 394 g/mol. The van der Waals surface area contributed by atoms with Crippen molar-refractivity contribution in [2.75, 3.05) is 29.9 Å². The first-order valence-electron chi connectivity index (χ1n) is 9.38. The molecule has 2 amide bonds. The maximum Gasteiger partial charge on any atom is 0.414 e. The molecule has 0 radical (unpaired) electrons. The van der Waals surface area contributed by atoms with Gasteiger partial charge in [-0.25, -0.2) is 17.9 Å². The summed E-state index contributed by atoms with van der Waals surface area (Å²) in [6, 6.07) is 12.8. The molecule has 0 unspecified atom stereocenters. The fourth-order valence-corrected chi connectivity index (χ4v) is 4.22. The third-order valence-corrected chi connectivity index (χ3v) is 6.29. The van der Waals surface area contributed by atoms with E-state index in [-0.39, 0.29) is 17.1 Å². The topological polar surface area (TPSA) is 105 Å². The first kappa shape index (κ1) is 19.4. The lowest BCUT2D eigenvalue weighted by Gasteiger charge is -2.17. The van der Waals surface area contributed by atoms with E-state index in [9.17, 15) is 18.0 Å². The molecule has 29 heavy (non-hydrogen) atoms. The monoisotopic (exact) mass is 415 g/mol. The fourth-order valence-electron chi connectivity index (χ4n) is 3.06. The highest BCUT2D eigenvalue weighted by Crippen LogP contribution is 2.29. The summed E-state index contributed by atoms with van der Waals surface area (Å²) in [5, 5.41) is 2.76. The summed E-state index contributed by atoms with van der Waals surface area (Å²) >= 11 is 0. The number of rotatable bonds is 7. The van der Waals surface area contributed by atoms with Crippen LogP contribution in [-0.2, 0) is 14.8 Å². The molecule has 8 nitrogen and oxygen atoms in total. The first-order valence-corrected chi connectivity index (χ1v) is 10.9. The van der Waals surface area contributed by atoms with Gasteiger partial charge in [0.2, 0.25) is 10.0 Å². The Morgan fingerprint density at radius 3 is 2.66 bits per heavy atom. The number of carbonyl (C=O) groups is 2. The molecule has 0 spiro atoms. The van der Waals surface area contributed by atoms with Crippen LogP contribution in [0.15, 0.2) is 53.4 Å². The van der Waals surface area contributed by atoms with E-state index in [4.69, 9.17) is 4.74 Å². The van der Waals surface area contributed by atoms with Crippen molar-refractivity contribution in [1.82, 2.24) is 4.72 Å². The number of sulfonamides is 1. The number of carbonyl (C=O) groups excluding carboxylic acids is 2. The Bertz CT molecular complexity index is 1050. The number of amides is 2. The lowest BCUT2D eigenvalue weighted by atomic mass is 10.2. The molecule has 2 fully saturated rings. The highest BCUT2D eigenvalue weighted by atomic mass is 32.2. The molecule has 2 aromatic rings. The van der Waals surface area contributed by atoms with Crippen LogP contribution in [0.25, 0.3) is 0 Å². The zero-order chi connectivity index (χ0) is 20.4. The standard InChI is InChI=1S/C20H21N3O5S/c24-19(22-17-6-1-2-7-18(17)23-10-11-28-20(23)25)15-4-3-5-16(12-15)29(26,27)21-13-14-8-9-14/h1-7,12,14,21H,8-11,13H2,(H,22,24). The van der Waals surface area contributed by atoms with Crippen molar-refractivity contribution in [1.29, 1.82) is 0 Å². The van der Waals surface area contributed by atoms with E-state index in [0.29, 0.717) is 30.4 Å². The Hall–Kier alpha value is -2.91. The van der Waals surface area contributed by atoms with Gasteiger partial charge < -0.3 is 10.1 Å². The Morgan fingerprint density at radius 1 is 1.14 bits per heavy atom. The van der Waals surface area contributed by atoms with Gasteiger partial charge in [0.05, 0.1) is 22.8 Å². The van der Waals surface area contributed by atoms with Gasteiger partial charge in [0.25, 0.3) is 5.91 Å². The number of hydrogen-bond acceptors (Lipinski definition) is 5. The lowest BCUT2D eigenvalue weighted by Crippen LogP contribution is -2.26. The molecule has 1 aliphatic heterocycles. The number of ether oxygens (including phenoxy) is 1. The normalized spacial score (nSPS) is 16.6. The molecule has 0 atom stereocenters. The van der Waals surface area contributed by atoms with Crippen LogP contribution in [0.4, 0.5) is 16.2 Å². The Labute approximate surface area is 168 Å². The van der Waals surface area contributed by atoms with Crippen LogP contribution in [0.5, 0.6) is 0 Å². The molecule has 152 valence electrons. The van der Waals surface area contributed by atoms with Gasteiger partial charge in [0.1, 0.15) is 6.61 Å². The quantitative estimate of drug-likeness (QED) is 0.723. The fraction of sp³-hybridized carbons (Fsp3) is 0.300. The van der Waals surface area contributed by atoms with E-state index in [1.54, 1.807) is 30.3 Å². The Morgan fingerprint density at radius 2 is 1.93 bits per heavy atom. The molecule has 4 rings (SSSR count). The van der Waals surface area contributed by atoms with Crippen LogP contribution in [0.2, 0.25) is 0 Å². The van der Waals surface area contributed by atoms with E-state index in [1.165, 1.54) is 23.1 Å². The zero-order valence-corrected chi connectivity index (χ0v) is 16.4. The average Bonchev–Trinajstić information content (AvgIpc) is 3.46. The van der Waals surface area contributed by atoms with Crippen LogP contribution < -0.4 is 14.9 Å². The van der Waals surface area contributed by atoms with Gasteiger partial charge >= 0.3 is 6.09 Å². The summed E-state index contributed by atoms with van der Waals surface area (Å²) in [5.41, 5.74) is 1.17. The summed E-state index contributed by atoms with van der Waals surface area (Å²) in [6.07, 6.45) is 1.60. The van der Waals surface area contributed by atoms with Crippen LogP contribution in [-0.4, -0.2) is 40.1 Å². The van der Waals surface area contributed by atoms with Crippen molar-refractivity contribution in [2.45, 2.75) is 17.7 Å². The van der Waals surface area contributed by atoms with E-state index in [0.717, 1.165) is 12.8 Å². The summed E-state index contributed by atoms with van der Waals surface area (Å²) < 4.78 is 32.5. The molecule has 1 saturated heterocycles. The number of anilines is 2. The SMILES string of the molecule is O=C(Nc1ccccc1N1CCOC1=O)c1cccc(S(=O)(=O)NCC2CC2)c1. The molecule has 0 aromatic heterocycles. The van der Waals surface area contributed by atoms with Crippen LogP contribution in [0.1, 0.15) is 23.2 Å². The van der Waals surface area contributed by atoms with Crippen molar-refractivity contribution in [3.8, 4) is 0 Å². The molecule has 0 bridgehead atoms. The first-order chi connectivity index (χ1) is 13.9. The molecule has 1 saturated carbocycles. The van der Waals surface area contributed by atoms with Gasteiger partial charge in [-0.2, -0.15) is 0 Å². The minimum Gasteiger partial charge on any atom is -0.447 e. The minimum atomic E-state index is -3.67. The number of nitrogens with one attached hydrogen (secondary N) is 2. The Kier molecular flexibility index (Phi) is 5.25. The number of hydrogen-bond donors (Lipinski definition) is 2. The minimum absolute atomic E-state index is 0.0437. The highest BCUT2D eigenvalue weighted by molar-refractivity contribution is 7.89. The van der Waals surface area contributed by atoms with Gasteiger partial charge in [0.15, 0.2) is 0 Å². The smallest absolute Gasteiger partial charge is 0.414 e. The predicted molar refractivity (Wildman–Crippen MR) is 107 cm³/mol. The van der Waals surface area contributed by atoms with Crippen molar-refractivity contribution in [3.05, 3.63) is 54.1 Å². The van der Waals surface area contributed by atoms with Crippen molar-refractivity contribution < 1.29 is 22.7 Å². The Balaban J connectivity index is 1.53. The predicted octanol–water partition coefficient (Wildman–Crippen LogP) is 2.58. The largest absolute Gasteiger partial charge is 0.447 e. The molecule has 2 aromatic carbocycles. The zero-order valence-electron chi connectivity index (χ0n) is 15.6. The molecule has 2 N–H and O–H groups in total. The second kappa shape index (κ2) is 7.84. The van der Waals surface area contributed by atoms with E-state index < -0.39 is 22.0 Å². The maximum atomic E-state index is 12.8. The van der Waals surface area contributed by atoms with Crippen LogP contribution in [0, 0.1) is 5.92 Å². The van der Waals surface area contributed by atoms with Crippen molar-refractivity contribution >= 4 is 33.4 Å². The van der Waals surface area contributed by atoms with E-state index in [2.05, 4.69) is 10.0 Å². The number of benzene rings is 2. The second-order valence-electron chi connectivity index (χ2n) is 7.06. The summed E-state index contributed by atoms with van der Waals surface area (Å²) in [4.78, 5) is 26.1. The molecule has 1 aliphatic carbocycles. The van der Waals surface area contributed by atoms with E-state index in [1.807, 2.05) is 0 Å². The van der Waals surface area contributed by atoms with Gasteiger partial charge in [-0.05, 0) is 49.1 Å². The van der Waals surface area contributed by atoms with Gasteiger partial charge in [0, 0.05) is 12.1 Å². The molecule has 2 aliphatic rings. The van der Waals surface area contributed by atoms with Crippen molar-refractivity contribution in [2.24, 2.45) is 5.92 Å². The van der Waals surface area contributed by atoms with Crippen molar-refractivity contribution in [3.63, 3.8) is 0 Å². The van der Waals surface area contributed by atoms with Gasteiger partial charge in [-0.15, -0.1) is 0 Å². The number of para-hydroxylation sites is 2. The highest BCUT2D eigenvalue weighted by Gasteiger charge is 2.27. The van der Waals surface area contributed by atoms with Crippen LogP contribution in [0.3, 0.4) is 0 Å². The van der Waals surface area contributed by atoms with Gasteiger partial charge in [-0.3, -0.25) is 9.69 Å². The molecular formula is C20H21N3O5S. The summed E-state index contributed by atoms with van der Waals surface area (Å²) in [5.74, 6) is -0.0608. The third kappa shape index (κ3) is 4.41. The average molecular weight is 415 g/mol. The maximum absolute atomic E-state index is 12.8. The number of nitrogens with zero attached hydrogens (tertiary/aromatic N) is 1. The van der Waals surface area contributed by atoms with Gasteiger partial charge in [-0.1, -0.05) is 18.2 Å². The lowest BCUT2D eigenvalue weighted by molar-refractivity contribution is 0.102. The molecule has 9 heteroatoms. The van der Waals surface area contributed by atoms with Crippen LogP contribution >= 0.6 is 0 Å². The second-order valence-corrected chi connectivity index (χ2v) is 8.83. The molecule has 1 heterocycles.